The summed E-state index contributed by atoms with van der Waals surface area (Å²) in [6, 6.07) is 0. The van der Waals surface area contributed by atoms with Gasteiger partial charge in [0.2, 0.25) is 0 Å². The Bertz CT molecular complexity index is 147. The third-order valence-corrected chi connectivity index (χ3v) is 1.63. The molecule has 0 spiro atoms. The number of aliphatic hydroxyl groups is 2. The third kappa shape index (κ3) is 4.69. The van der Waals surface area contributed by atoms with Crippen LogP contribution in [0.15, 0.2) is 0 Å². The van der Waals surface area contributed by atoms with E-state index in [9.17, 15) is 4.79 Å². The molecular weight excluding hydrogens is 174 g/mol. The second-order valence-electron chi connectivity index (χ2n) is 2.59. The summed E-state index contributed by atoms with van der Waals surface area (Å²) in [6.07, 6.45) is -1.45. The zero-order valence-corrected chi connectivity index (χ0v) is 8.06. The Balaban J connectivity index is 3.72. The molecule has 1 unspecified atom stereocenters. The van der Waals surface area contributed by atoms with E-state index in [0.717, 1.165) is 0 Å². The third-order valence-electron chi connectivity index (χ3n) is 1.63. The number of carbonyl (C=O) groups excluding carboxylic acids is 1. The topological polar surface area (TPSA) is 70.0 Å². The molecule has 0 saturated heterocycles. The highest BCUT2D eigenvalue weighted by Gasteiger charge is 2.12. The lowest BCUT2D eigenvalue weighted by Gasteiger charge is -2.18. The first kappa shape index (κ1) is 12.2. The summed E-state index contributed by atoms with van der Waals surface area (Å²) in [5.74, 6) is 0. The maximum absolute atomic E-state index is 11.1. The molecule has 5 nitrogen and oxygen atoms in total. The summed E-state index contributed by atoms with van der Waals surface area (Å²) in [5, 5.41) is 17.3. The second-order valence-corrected chi connectivity index (χ2v) is 2.59. The number of ether oxygens (including phenoxy) is 1. The van der Waals surface area contributed by atoms with Crippen LogP contribution in [0.4, 0.5) is 4.79 Å². The molecule has 0 rings (SSSR count). The van der Waals surface area contributed by atoms with Gasteiger partial charge >= 0.3 is 6.09 Å². The highest BCUT2D eigenvalue weighted by Crippen LogP contribution is 1.94. The smallest absolute Gasteiger partial charge is 0.409 e. The van der Waals surface area contributed by atoms with E-state index in [1.807, 2.05) is 13.8 Å². The van der Waals surface area contributed by atoms with Crippen LogP contribution in [-0.4, -0.2) is 53.6 Å². The molecule has 13 heavy (non-hydrogen) atoms. The molecule has 1 atom stereocenters. The van der Waals surface area contributed by atoms with Crippen molar-refractivity contribution in [3.05, 3.63) is 0 Å². The quantitative estimate of drug-likeness (QED) is 0.632. The van der Waals surface area contributed by atoms with E-state index in [2.05, 4.69) is 0 Å². The fourth-order valence-corrected chi connectivity index (χ4v) is 0.793. The highest BCUT2D eigenvalue weighted by molar-refractivity contribution is 5.67. The summed E-state index contributed by atoms with van der Waals surface area (Å²) < 4.78 is 4.72. The Kier molecular flexibility index (Phi) is 6.26. The lowest BCUT2D eigenvalue weighted by molar-refractivity contribution is 0.0210. The van der Waals surface area contributed by atoms with Crippen LogP contribution in [0.1, 0.15) is 13.8 Å². The minimum Gasteiger partial charge on any atom is -0.447 e. The lowest BCUT2D eigenvalue weighted by Crippen LogP contribution is -2.33. The Labute approximate surface area is 77.9 Å². The summed E-state index contributed by atoms with van der Waals surface area (Å²) in [5.41, 5.74) is 0. The van der Waals surface area contributed by atoms with E-state index in [-0.39, 0.29) is 6.61 Å². The maximum Gasteiger partial charge on any atom is 0.409 e. The summed E-state index contributed by atoms with van der Waals surface area (Å²) in [7, 11) is 0. The Hall–Kier alpha value is -0.810. The van der Waals surface area contributed by atoms with Crippen molar-refractivity contribution in [2.24, 2.45) is 0 Å². The first-order valence-electron chi connectivity index (χ1n) is 4.36. The van der Waals surface area contributed by atoms with E-state index in [0.29, 0.717) is 13.1 Å². The standard InChI is InChI=1S/C8H17NO4/c1-3-9(4-2)8(12)13-6-7(11)5-10/h7,10-11H,3-6H2,1-2H3. The van der Waals surface area contributed by atoms with E-state index >= 15 is 0 Å². The Morgan fingerprint density at radius 3 is 2.38 bits per heavy atom. The van der Waals surface area contributed by atoms with Gasteiger partial charge in [-0.2, -0.15) is 0 Å². The number of nitrogens with zero attached hydrogens (tertiary/aromatic N) is 1. The fourth-order valence-electron chi connectivity index (χ4n) is 0.793. The van der Waals surface area contributed by atoms with Crippen molar-refractivity contribution in [2.75, 3.05) is 26.3 Å². The molecule has 0 fully saturated rings. The van der Waals surface area contributed by atoms with Crippen LogP contribution in [-0.2, 0) is 4.74 Å². The minimum absolute atomic E-state index is 0.161. The molecule has 0 aromatic heterocycles. The second kappa shape index (κ2) is 6.68. The van der Waals surface area contributed by atoms with Crippen LogP contribution in [0.25, 0.3) is 0 Å². The van der Waals surface area contributed by atoms with E-state index in [4.69, 9.17) is 14.9 Å². The van der Waals surface area contributed by atoms with Crippen molar-refractivity contribution in [3.8, 4) is 0 Å². The van der Waals surface area contributed by atoms with Gasteiger partial charge in [-0.05, 0) is 13.8 Å². The number of rotatable bonds is 5. The molecule has 2 N–H and O–H groups in total. The Morgan fingerprint density at radius 2 is 2.00 bits per heavy atom. The molecule has 78 valence electrons. The van der Waals surface area contributed by atoms with Crippen molar-refractivity contribution in [1.82, 2.24) is 4.90 Å². The van der Waals surface area contributed by atoms with Crippen molar-refractivity contribution in [3.63, 3.8) is 0 Å². The fraction of sp³-hybridized carbons (Fsp3) is 0.875. The van der Waals surface area contributed by atoms with Gasteiger partial charge < -0.3 is 19.8 Å². The molecule has 0 radical (unpaired) electrons. The minimum atomic E-state index is -0.987. The van der Waals surface area contributed by atoms with Gasteiger partial charge in [-0.15, -0.1) is 0 Å². The average molecular weight is 191 g/mol. The number of hydrogen-bond acceptors (Lipinski definition) is 4. The molecule has 5 heteroatoms. The molecule has 0 aliphatic carbocycles. The van der Waals surface area contributed by atoms with Gasteiger partial charge in [0.1, 0.15) is 12.7 Å². The van der Waals surface area contributed by atoms with Gasteiger partial charge in [0.15, 0.2) is 0 Å². The van der Waals surface area contributed by atoms with Gasteiger partial charge in [0.25, 0.3) is 0 Å². The molecule has 0 aliphatic heterocycles. The molecule has 0 aromatic rings. The highest BCUT2D eigenvalue weighted by atomic mass is 16.6. The van der Waals surface area contributed by atoms with Crippen molar-refractivity contribution >= 4 is 6.09 Å². The predicted molar refractivity (Wildman–Crippen MR) is 47.4 cm³/mol. The molecule has 1 amide bonds. The van der Waals surface area contributed by atoms with Crippen molar-refractivity contribution < 1.29 is 19.7 Å². The zero-order valence-electron chi connectivity index (χ0n) is 8.06. The van der Waals surface area contributed by atoms with Gasteiger partial charge in [-0.25, -0.2) is 4.79 Å². The number of hydrogen-bond donors (Lipinski definition) is 2. The average Bonchev–Trinajstić information content (AvgIpc) is 2.16. The number of aliphatic hydroxyl groups excluding tert-OH is 2. The van der Waals surface area contributed by atoms with Gasteiger partial charge in [-0.1, -0.05) is 0 Å². The predicted octanol–water partition coefficient (Wildman–Crippen LogP) is -0.182. The van der Waals surface area contributed by atoms with Crippen LogP contribution in [0.5, 0.6) is 0 Å². The van der Waals surface area contributed by atoms with Crippen molar-refractivity contribution in [1.29, 1.82) is 0 Å². The van der Waals surface area contributed by atoms with E-state index in [1.165, 1.54) is 4.90 Å². The number of amides is 1. The normalized spacial score (nSPS) is 12.3. The molecule has 0 aromatic carbocycles. The van der Waals surface area contributed by atoms with Gasteiger partial charge in [-0.3, -0.25) is 0 Å². The molecule has 0 bridgehead atoms. The van der Waals surface area contributed by atoms with Crippen LogP contribution in [0.3, 0.4) is 0 Å². The van der Waals surface area contributed by atoms with Crippen LogP contribution < -0.4 is 0 Å². The first-order valence-corrected chi connectivity index (χ1v) is 4.36. The van der Waals surface area contributed by atoms with Crippen molar-refractivity contribution in [2.45, 2.75) is 20.0 Å². The number of carbonyl (C=O) groups is 1. The molecular formula is C8H17NO4. The van der Waals surface area contributed by atoms with E-state index < -0.39 is 18.8 Å². The van der Waals surface area contributed by atoms with Crippen LogP contribution >= 0.6 is 0 Å². The zero-order chi connectivity index (χ0) is 10.3. The molecule has 0 heterocycles. The lowest BCUT2D eigenvalue weighted by atomic mass is 10.4. The largest absolute Gasteiger partial charge is 0.447 e. The van der Waals surface area contributed by atoms with Crippen LogP contribution in [0.2, 0.25) is 0 Å². The first-order chi connectivity index (χ1) is 6.15. The SMILES string of the molecule is CCN(CC)C(=O)OCC(O)CO. The summed E-state index contributed by atoms with van der Waals surface area (Å²) in [6.45, 7) is 4.27. The maximum atomic E-state index is 11.1. The molecule has 0 saturated carbocycles. The Morgan fingerprint density at radius 1 is 1.46 bits per heavy atom. The van der Waals surface area contributed by atoms with Crippen LogP contribution in [0, 0.1) is 0 Å². The molecule has 0 aliphatic rings. The van der Waals surface area contributed by atoms with Gasteiger partial charge in [0.05, 0.1) is 6.61 Å². The summed E-state index contributed by atoms with van der Waals surface area (Å²) in [4.78, 5) is 12.6. The summed E-state index contributed by atoms with van der Waals surface area (Å²) >= 11 is 0. The monoisotopic (exact) mass is 191 g/mol. The van der Waals surface area contributed by atoms with Gasteiger partial charge in [0, 0.05) is 13.1 Å². The van der Waals surface area contributed by atoms with E-state index in [1.54, 1.807) is 0 Å².